The lowest BCUT2D eigenvalue weighted by Gasteiger charge is -2.13. The topological polar surface area (TPSA) is 109 Å². The van der Waals surface area contributed by atoms with E-state index in [2.05, 4.69) is 5.32 Å². The summed E-state index contributed by atoms with van der Waals surface area (Å²) in [5.74, 6) is 0.724. The summed E-state index contributed by atoms with van der Waals surface area (Å²) in [5, 5.41) is 3.61. The molecule has 9 nitrogen and oxygen atoms in total. The van der Waals surface area contributed by atoms with E-state index < -0.39 is 5.97 Å². The maximum atomic E-state index is 13.7. The van der Waals surface area contributed by atoms with Gasteiger partial charge in [-0.3, -0.25) is 14.2 Å². The van der Waals surface area contributed by atoms with Crippen molar-refractivity contribution in [2.75, 3.05) is 31.4 Å². The first-order chi connectivity index (χ1) is 18.8. The summed E-state index contributed by atoms with van der Waals surface area (Å²) in [6.45, 7) is 6.38. The highest BCUT2D eigenvalue weighted by Crippen LogP contribution is 2.30. The van der Waals surface area contributed by atoms with Gasteiger partial charge in [-0.05, 0) is 68.3 Å². The van der Waals surface area contributed by atoms with Gasteiger partial charge in [0.15, 0.2) is 5.16 Å². The molecule has 0 aliphatic carbocycles. The number of carbonyl (C=O) groups excluding carboxylic acids is 2. The predicted molar refractivity (Wildman–Crippen MR) is 154 cm³/mol. The zero-order valence-electron chi connectivity index (χ0n) is 22.1. The highest BCUT2D eigenvalue weighted by atomic mass is 32.2. The van der Waals surface area contributed by atoms with E-state index in [4.69, 9.17) is 19.2 Å². The summed E-state index contributed by atoms with van der Waals surface area (Å²) in [4.78, 5) is 44.5. The normalized spacial score (nSPS) is 10.9. The Bertz CT molecular complexity index is 1530. The zero-order valence-corrected chi connectivity index (χ0v) is 23.7. The molecule has 0 saturated heterocycles. The number of fused-ring (bicyclic) bond motifs is 1. The van der Waals surface area contributed by atoms with Crippen LogP contribution in [0.4, 0.5) is 5.69 Å². The Morgan fingerprint density at radius 3 is 2.36 bits per heavy atom. The molecule has 0 saturated carbocycles. The molecule has 4 aromatic rings. The van der Waals surface area contributed by atoms with E-state index in [1.165, 1.54) is 4.57 Å². The Labute approximate surface area is 234 Å². The third-order valence-electron chi connectivity index (χ3n) is 5.76. The minimum atomic E-state index is -0.483. The summed E-state index contributed by atoms with van der Waals surface area (Å²) in [5.41, 5.74) is 1.75. The minimum absolute atomic E-state index is 0.0306. The minimum Gasteiger partial charge on any atom is -0.497 e. The van der Waals surface area contributed by atoms with Gasteiger partial charge in [0, 0.05) is 5.69 Å². The largest absolute Gasteiger partial charge is 0.497 e. The third kappa shape index (κ3) is 6.61. The molecule has 0 unspecified atom stereocenters. The smallest absolute Gasteiger partial charge is 0.348 e. The van der Waals surface area contributed by atoms with Crippen LogP contribution in [0.5, 0.6) is 11.5 Å². The van der Waals surface area contributed by atoms with Crippen molar-refractivity contribution >= 4 is 50.9 Å². The van der Waals surface area contributed by atoms with Crippen molar-refractivity contribution in [3.05, 3.63) is 74.9 Å². The molecule has 0 fully saturated rings. The van der Waals surface area contributed by atoms with Crippen molar-refractivity contribution in [1.29, 1.82) is 0 Å². The highest BCUT2D eigenvalue weighted by Gasteiger charge is 2.23. The lowest BCUT2D eigenvalue weighted by molar-refractivity contribution is -0.113. The molecule has 0 bridgehead atoms. The molecule has 204 valence electrons. The van der Waals surface area contributed by atoms with Gasteiger partial charge in [-0.15, -0.1) is 11.3 Å². The second kappa shape index (κ2) is 12.8. The molecule has 4 rings (SSSR count). The molecule has 39 heavy (non-hydrogen) atoms. The summed E-state index contributed by atoms with van der Waals surface area (Å²) in [7, 11) is 1.59. The van der Waals surface area contributed by atoms with Crippen molar-refractivity contribution in [2.45, 2.75) is 32.5 Å². The van der Waals surface area contributed by atoms with Crippen LogP contribution in [0, 0.1) is 6.92 Å². The quantitative estimate of drug-likeness (QED) is 0.151. The van der Waals surface area contributed by atoms with E-state index in [0.29, 0.717) is 43.9 Å². The number of amides is 1. The predicted octanol–water partition coefficient (Wildman–Crippen LogP) is 5.13. The third-order valence-corrected chi connectivity index (χ3v) is 7.90. The summed E-state index contributed by atoms with van der Waals surface area (Å²) in [6.07, 6.45) is 0. The molecular weight excluding hydrogens is 538 g/mol. The first-order valence-electron chi connectivity index (χ1n) is 12.3. The maximum absolute atomic E-state index is 13.7. The Balaban J connectivity index is 1.64. The molecule has 2 aromatic carbocycles. The first kappa shape index (κ1) is 28.2. The Kier molecular flexibility index (Phi) is 9.26. The number of rotatable bonds is 11. The SMILES string of the molecule is CCOC(=O)c1sc2nc(SCC(=O)Nc3ccc(OCC)cc3)n(Cc3ccc(OC)cc3)c(=O)c2c1C. The van der Waals surface area contributed by atoms with Crippen LogP contribution in [0.1, 0.15) is 34.6 Å². The average Bonchev–Trinajstić information content (AvgIpc) is 3.27. The molecular formula is C28H29N3O6S2. The molecule has 1 N–H and O–H groups in total. The number of methoxy groups -OCH3 is 1. The molecule has 2 heterocycles. The number of aromatic nitrogens is 2. The van der Waals surface area contributed by atoms with Crippen molar-refractivity contribution in [1.82, 2.24) is 9.55 Å². The number of anilines is 1. The monoisotopic (exact) mass is 567 g/mol. The van der Waals surface area contributed by atoms with Gasteiger partial charge in [0.2, 0.25) is 5.91 Å². The number of hydrogen-bond acceptors (Lipinski definition) is 9. The Hall–Kier alpha value is -3.83. The second-order valence-electron chi connectivity index (χ2n) is 8.38. The van der Waals surface area contributed by atoms with Gasteiger partial charge in [0.05, 0.1) is 38.0 Å². The second-order valence-corrected chi connectivity index (χ2v) is 10.3. The van der Waals surface area contributed by atoms with Crippen LogP contribution in [-0.2, 0) is 16.1 Å². The lowest BCUT2D eigenvalue weighted by Crippen LogP contribution is -2.25. The van der Waals surface area contributed by atoms with Gasteiger partial charge >= 0.3 is 5.97 Å². The van der Waals surface area contributed by atoms with Crippen LogP contribution < -0.4 is 20.3 Å². The number of aryl methyl sites for hydroxylation is 1. The lowest BCUT2D eigenvalue weighted by atomic mass is 10.2. The number of thiophene rings is 1. The van der Waals surface area contributed by atoms with Crippen LogP contribution in [0.15, 0.2) is 58.5 Å². The van der Waals surface area contributed by atoms with Crippen molar-refractivity contribution in [3.63, 3.8) is 0 Å². The van der Waals surface area contributed by atoms with Gasteiger partial charge in [-0.2, -0.15) is 0 Å². The molecule has 0 aliphatic rings. The number of thioether (sulfide) groups is 1. The van der Waals surface area contributed by atoms with E-state index in [1.807, 2.05) is 31.2 Å². The Morgan fingerprint density at radius 1 is 1.03 bits per heavy atom. The van der Waals surface area contributed by atoms with Gasteiger partial charge in [0.1, 0.15) is 21.2 Å². The van der Waals surface area contributed by atoms with Crippen molar-refractivity contribution in [2.24, 2.45) is 0 Å². The molecule has 1 amide bonds. The highest BCUT2D eigenvalue weighted by molar-refractivity contribution is 7.99. The van der Waals surface area contributed by atoms with Gasteiger partial charge in [0.25, 0.3) is 5.56 Å². The van der Waals surface area contributed by atoms with Crippen LogP contribution in [0.2, 0.25) is 0 Å². The number of esters is 1. The van der Waals surface area contributed by atoms with E-state index in [-0.39, 0.29) is 30.4 Å². The van der Waals surface area contributed by atoms with E-state index in [0.717, 1.165) is 34.4 Å². The number of nitrogens with zero attached hydrogens (tertiary/aromatic N) is 2. The molecule has 0 radical (unpaired) electrons. The van der Waals surface area contributed by atoms with Crippen LogP contribution in [0.3, 0.4) is 0 Å². The van der Waals surface area contributed by atoms with Crippen molar-refractivity contribution in [3.8, 4) is 11.5 Å². The fourth-order valence-electron chi connectivity index (χ4n) is 3.88. The molecule has 0 spiro atoms. The summed E-state index contributed by atoms with van der Waals surface area (Å²) in [6, 6.07) is 14.5. The number of hydrogen-bond donors (Lipinski definition) is 1. The van der Waals surface area contributed by atoms with E-state index in [9.17, 15) is 14.4 Å². The molecule has 0 atom stereocenters. The van der Waals surface area contributed by atoms with Crippen LogP contribution >= 0.6 is 23.1 Å². The van der Waals surface area contributed by atoms with Gasteiger partial charge in [-0.25, -0.2) is 9.78 Å². The van der Waals surface area contributed by atoms with E-state index in [1.54, 1.807) is 45.2 Å². The van der Waals surface area contributed by atoms with Gasteiger partial charge < -0.3 is 19.5 Å². The number of carbonyl (C=O) groups is 2. The fraction of sp³-hybridized carbons (Fsp3) is 0.286. The van der Waals surface area contributed by atoms with E-state index >= 15 is 0 Å². The standard InChI is InChI=1S/C28H29N3O6S2/c1-5-36-21-13-9-19(10-14-21)29-22(32)16-38-28-30-25-23(17(3)24(39-25)27(34)37-6-2)26(33)31(28)15-18-7-11-20(35-4)12-8-18/h7-14H,5-6,15-16H2,1-4H3,(H,29,32). The van der Waals surface area contributed by atoms with Crippen LogP contribution in [0.25, 0.3) is 10.2 Å². The fourth-order valence-corrected chi connectivity index (χ4v) is 5.80. The molecule has 2 aromatic heterocycles. The summed E-state index contributed by atoms with van der Waals surface area (Å²) < 4.78 is 17.4. The molecule has 0 aliphatic heterocycles. The zero-order chi connectivity index (χ0) is 27.9. The number of benzene rings is 2. The van der Waals surface area contributed by atoms with Crippen LogP contribution in [-0.4, -0.2) is 47.5 Å². The average molecular weight is 568 g/mol. The van der Waals surface area contributed by atoms with Gasteiger partial charge in [-0.1, -0.05) is 23.9 Å². The number of nitrogens with one attached hydrogen (secondary N) is 1. The van der Waals surface area contributed by atoms with Crippen molar-refractivity contribution < 1.29 is 23.8 Å². The first-order valence-corrected chi connectivity index (χ1v) is 14.1. The summed E-state index contributed by atoms with van der Waals surface area (Å²) >= 11 is 2.28. The Morgan fingerprint density at radius 2 is 1.72 bits per heavy atom. The number of ether oxygens (including phenoxy) is 3. The molecule has 11 heteroatoms. The maximum Gasteiger partial charge on any atom is 0.348 e.